The normalized spacial score (nSPS) is 13.8. The lowest BCUT2D eigenvalue weighted by Gasteiger charge is -2.18. The molecule has 0 unspecified atom stereocenters. The Morgan fingerprint density at radius 3 is 2.72 bits per heavy atom. The third kappa shape index (κ3) is 4.23. The van der Waals surface area contributed by atoms with Crippen molar-refractivity contribution in [1.29, 1.82) is 0 Å². The van der Waals surface area contributed by atoms with Crippen LogP contribution in [0.2, 0.25) is 0 Å². The van der Waals surface area contributed by atoms with Crippen molar-refractivity contribution in [2.45, 2.75) is 30.8 Å². The number of carbonyl (C=O) groups excluding carboxylic acids is 1. The lowest BCUT2D eigenvalue weighted by Crippen LogP contribution is -2.25. The standard InChI is InChI=1S/C21H20FN3O3S/c22-19-6-2-1-4-16(19)14-25-11-3-5-17(25)13-23-29(27,28)18-8-9-20-15(12-18)7-10-21(26)24-20/h1-6,8-9,11-12,23H,7,10,13-14H2,(H,24,26). The minimum absolute atomic E-state index is 0.0677. The number of rotatable bonds is 6. The van der Waals surface area contributed by atoms with Crippen molar-refractivity contribution in [3.8, 4) is 0 Å². The molecule has 0 aliphatic carbocycles. The fourth-order valence-corrected chi connectivity index (χ4v) is 4.40. The highest BCUT2D eigenvalue weighted by atomic mass is 32.2. The van der Waals surface area contributed by atoms with Gasteiger partial charge in [0.15, 0.2) is 0 Å². The Morgan fingerprint density at radius 1 is 1.07 bits per heavy atom. The van der Waals surface area contributed by atoms with Gasteiger partial charge in [-0.3, -0.25) is 4.79 Å². The SMILES string of the molecule is O=C1CCc2cc(S(=O)(=O)NCc3cccn3Cc3ccccc3F)ccc2N1. The summed E-state index contributed by atoms with van der Waals surface area (Å²) in [6.07, 6.45) is 2.64. The van der Waals surface area contributed by atoms with Crippen molar-refractivity contribution in [3.05, 3.63) is 83.4 Å². The molecule has 2 heterocycles. The average Bonchev–Trinajstić information content (AvgIpc) is 3.15. The fourth-order valence-electron chi connectivity index (χ4n) is 3.35. The second kappa shape index (κ2) is 7.81. The summed E-state index contributed by atoms with van der Waals surface area (Å²) >= 11 is 0. The molecule has 1 aliphatic heterocycles. The van der Waals surface area contributed by atoms with E-state index in [9.17, 15) is 17.6 Å². The molecule has 29 heavy (non-hydrogen) atoms. The van der Waals surface area contributed by atoms with E-state index in [0.717, 1.165) is 11.3 Å². The number of hydrogen-bond donors (Lipinski definition) is 2. The van der Waals surface area contributed by atoms with Crippen molar-refractivity contribution >= 4 is 21.6 Å². The first-order valence-corrected chi connectivity index (χ1v) is 10.7. The van der Waals surface area contributed by atoms with Gasteiger partial charge in [0.05, 0.1) is 18.0 Å². The number of benzene rings is 2. The maximum absolute atomic E-state index is 13.9. The van der Waals surface area contributed by atoms with E-state index in [4.69, 9.17) is 0 Å². The van der Waals surface area contributed by atoms with Crippen molar-refractivity contribution in [1.82, 2.24) is 9.29 Å². The van der Waals surface area contributed by atoms with Gasteiger partial charge in [-0.25, -0.2) is 17.5 Å². The number of halogens is 1. The number of carbonyl (C=O) groups is 1. The highest BCUT2D eigenvalue weighted by molar-refractivity contribution is 7.89. The molecule has 2 aromatic carbocycles. The van der Waals surface area contributed by atoms with Gasteiger partial charge in [0.1, 0.15) is 5.82 Å². The Bertz CT molecular complexity index is 1170. The van der Waals surface area contributed by atoms with Gasteiger partial charge in [-0.1, -0.05) is 18.2 Å². The molecule has 3 aromatic rings. The van der Waals surface area contributed by atoms with E-state index >= 15 is 0 Å². The van der Waals surface area contributed by atoms with Gasteiger partial charge in [0.25, 0.3) is 0 Å². The van der Waals surface area contributed by atoms with Gasteiger partial charge in [-0.2, -0.15) is 0 Å². The summed E-state index contributed by atoms with van der Waals surface area (Å²) in [5.41, 5.74) is 2.71. The molecule has 1 amide bonds. The number of sulfonamides is 1. The monoisotopic (exact) mass is 413 g/mol. The Morgan fingerprint density at radius 2 is 1.90 bits per heavy atom. The summed E-state index contributed by atoms with van der Waals surface area (Å²) in [6.45, 7) is 0.396. The van der Waals surface area contributed by atoms with Crippen LogP contribution in [-0.2, 0) is 34.3 Å². The van der Waals surface area contributed by atoms with Gasteiger partial charge in [-0.15, -0.1) is 0 Å². The van der Waals surface area contributed by atoms with E-state index in [0.29, 0.717) is 30.6 Å². The molecule has 0 atom stereocenters. The Hall–Kier alpha value is -2.97. The maximum Gasteiger partial charge on any atom is 0.240 e. The smallest absolute Gasteiger partial charge is 0.240 e. The molecule has 0 saturated heterocycles. The molecule has 0 radical (unpaired) electrons. The van der Waals surface area contributed by atoms with Crippen LogP contribution < -0.4 is 10.0 Å². The largest absolute Gasteiger partial charge is 0.346 e. The molecule has 1 aromatic heterocycles. The number of aromatic nitrogens is 1. The van der Waals surface area contributed by atoms with E-state index in [1.807, 2.05) is 4.57 Å². The van der Waals surface area contributed by atoms with Crippen LogP contribution >= 0.6 is 0 Å². The second-order valence-electron chi connectivity index (χ2n) is 6.91. The maximum atomic E-state index is 13.9. The van der Waals surface area contributed by atoms with Crippen molar-refractivity contribution in [3.63, 3.8) is 0 Å². The summed E-state index contributed by atoms with van der Waals surface area (Å²) in [5, 5.41) is 2.74. The van der Waals surface area contributed by atoms with E-state index < -0.39 is 10.0 Å². The zero-order valence-electron chi connectivity index (χ0n) is 15.6. The fraction of sp³-hybridized carbons (Fsp3) is 0.190. The van der Waals surface area contributed by atoms with Crippen LogP contribution in [0.1, 0.15) is 23.2 Å². The molecule has 2 N–H and O–H groups in total. The lowest BCUT2D eigenvalue weighted by molar-refractivity contribution is -0.116. The topological polar surface area (TPSA) is 80.2 Å². The minimum atomic E-state index is -3.73. The summed E-state index contributed by atoms with van der Waals surface area (Å²) in [7, 11) is -3.73. The van der Waals surface area contributed by atoms with Gasteiger partial charge in [-0.05, 0) is 48.4 Å². The van der Waals surface area contributed by atoms with Crippen LogP contribution in [0.25, 0.3) is 0 Å². The van der Waals surface area contributed by atoms with Crippen LogP contribution in [0.5, 0.6) is 0 Å². The lowest BCUT2D eigenvalue weighted by atomic mass is 10.0. The molecule has 0 fully saturated rings. The van der Waals surface area contributed by atoms with Gasteiger partial charge in [0.2, 0.25) is 15.9 Å². The number of fused-ring (bicyclic) bond motifs is 1. The van der Waals surface area contributed by atoms with E-state index in [2.05, 4.69) is 10.0 Å². The highest BCUT2D eigenvalue weighted by Crippen LogP contribution is 2.25. The molecule has 1 aliphatic rings. The molecule has 0 saturated carbocycles. The summed E-state index contributed by atoms with van der Waals surface area (Å²) in [4.78, 5) is 11.6. The van der Waals surface area contributed by atoms with Crippen molar-refractivity contribution in [2.75, 3.05) is 5.32 Å². The molecule has 0 bridgehead atoms. The number of amides is 1. The third-order valence-corrected chi connectivity index (χ3v) is 6.35. The van der Waals surface area contributed by atoms with Crippen LogP contribution in [0.3, 0.4) is 0 Å². The number of hydrogen-bond acceptors (Lipinski definition) is 3. The molecular formula is C21H20FN3O3S. The van der Waals surface area contributed by atoms with Crippen LogP contribution in [0, 0.1) is 5.82 Å². The van der Waals surface area contributed by atoms with E-state index in [-0.39, 0.29) is 23.2 Å². The van der Waals surface area contributed by atoms with Gasteiger partial charge < -0.3 is 9.88 Å². The second-order valence-corrected chi connectivity index (χ2v) is 8.68. The van der Waals surface area contributed by atoms with Gasteiger partial charge >= 0.3 is 0 Å². The van der Waals surface area contributed by atoms with Crippen LogP contribution in [0.15, 0.2) is 65.7 Å². The Labute approximate surface area is 168 Å². The van der Waals surface area contributed by atoms with E-state index in [1.54, 1.807) is 48.7 Å². The third-order valence-electron chi connectivity index (χ3n) is 4.95. The first-order chi connectivity index (χ1) is 13.9. The number of anilines is 1. The first kappa shape index (κ1) is 19.4. The predicted molar refractivity (Wildman–Crippen MR) is 107 cm³/mol. The number of nitrogens with zero attached hydrogens (tertiary/aromatic N) is 1. The molecular weight excluding hydrogens is 393 g/mol. The average molecular weight is 413 g/mol. The summed E-state index contributed by atoms with van der Waals surface area (Å²) < 4.78 is 43.8. The van der Waals surface area contributed by atoms with Crippen molar-refractivity contribution < 1.29 is 17.6 Å². The minimum Gasteiger partial charge on any atom is -0.346 e. The zero-order chi connectivity index (χ0) is 20.4. The quantitative estimate of drug-likeness (QED) is 0.652. The van der Waals surface area contributed by atoms with E-state index in [1.165, 1.54) is 12.1 Å². The van der Waals surface area contributed by atoms with Crippen LogP contribution in [-0.4, -0.2) is 18.9 Å². The first-order valence-electron chi connectivity index (χ1n) is 9.22. The Balaban J connectivity index is 1.49. The zero-order valence-corrected chi connectivity index (χ0v) is 16.4. The number of aryl methyl sites for hydroxylation is 1. The van der Waals surface area contributed by atoms with Gasteiger partial charge in [0, 0.05) is 29.6 Å². The van der Waals surface area contributed by atoms with Crippen LogP contribution in [0.4, 0.5) is 10.1 Å². The summed E-state index contributed by atoms with van der Waals surface area (Å²) in [5.74, 6) is -0.365. The molecule has 150 valence electrons. The molecule has 6 nitrogen and oxygen atoms in total. The summed E-state index contributed by atoms with van der Waals surface area (Å²) in [6, 6.07) is 14.8. The number of nitrogens with one attached hydrogen (secondary N) is 2. The Kier molecular flexibility index (Phi) is 5.21. The molecule has 4 rings (SSSR count). The molecule has 0 spiro atoms. The highest BCUT2D eigenvalue weighted by Gasteiger charge is 2.20. The predicted octanol–water partition coefficient (Wildman–Crippen LogP) is 3.04. The molecule has 8 heteroatoms. The van der Waals surface area contributed by atoms with Crippen molar-refractivity contribution in [2.24, 2.45) is 0 Å².